The molecule has 9 nitrogen and oxygen atoms in total. The van der Waals surface area contributed by atoms with Crippen LogP contribution in [0.15, 0.2) is 42.9 Å². The zero-order valence-electron chi connectivity index (χ0n) is 15.6. The number of benzene rings is 1. The first kappa shape index (κ1) is 18.8. The van der Waals surface area contributed by atoms with Gasteiger partial charge in [0.15, 0.2) is 5.13 Å². The summed E-state index contributed by atoms with van der Waals surface area (Å²) in [4.78, 5) is 39.8. The van der Waals surface area contributed by atoms with Gasteiger partial charge in [-0.15, -0.1) is 0 Å². The Labute approximate surface area is 170 Å². The molecule has 3 aromatic rings. The maximum atomic E-state index is 12.6. The molecule has 10 heteroatoms. The number of rotatable bonds is 4. The number of nitrogens with zero attached hydrogens (tertiary/aromatic N) is 4. The number of aromatic nitrogens is 3. The standard InChI is InChI=1S/C19H18N6O3S/c1-28-13-4-2-12(3-5-13)22-19(27)25-9-6-14-16(11-25)29-18(23-14)24-17(26)15-10-20-7-8-21-15/h2-5,7-8,10H,6,9,11H2,1H3,(H,22,27)(H,23,24,26). The van der Waals surface area contributed by atoms with E-state index in [1.165, 1.54) is 29.9 Å². The lowest BCUT2D eigenvalue weighted by atomic mass is 10.2. The molecule has 1 aliphatic heterocycles. The summed E-state index contributed by atoms with van der Waals surface area (Å²) in [6.45, 7) is 0.992. The smallest absolute Gasteiger partial charge is 0.322 e. The van der Waals surface area contributed by atoms with E-state index in [0.29, 0.717) is 30.3 Å². The molecule has 0 aliphatic carbocycles. The molecule has 1 aromatic carbocycles. The molecule has 0 fully saturated rings. The van der Waals surface area contributed by atoms with Crippen molar-refractivity contribution in [2.45, 2.75) is 13.0 Å². The predicted molar refractivity (Wildman–Crippen MR) is 108 cm³/mol. The van der Waals surface area contributed by atoms with E-state index in [0.717, 1.165) is 16.3 Å². The highest BCUT2D eigenvalue weighted by molar-refractivity contribution is 7.15. The van der Waals surface area contributed by atoms with Crippen LogP contribution in [0.4, 0.5) is 15.6 Å². The number of fused-ring (bicyclic) bond motifs is 1. The Morgan fingerprint density at radius 1 is 1.17 bits per heavy atom. The highest BCUT2D eigenvalue weighted by Crippen LogP contribution is 2.29. The average Bonchev–Trinajstić information content (AvgIpc) is 3.16. The first-order valence-electron chi connectivity index (χ1n) is 8.88. The Bertz CT molecular complexity index is 1020. The van der Waals surface area contributed by atoms with Gasteiger partial charge in [0.25, 0.3) is 5.91 Å². The Hall–Kier alpha value is -3.53. The van der Waals surface area contributed by atoms with E-state index in [9.17, 15) is 9.59 Å². The highest BCUT2D eigenvalue weighted by Gasteiger charge is 2.25. The molecule has 2 N–H and O–H groups in total. The monoisotopic (exact) mass is 410 g/mol. The lowest BCUT2D eigenvalue weighted by molar-refractivity contribution is 0.102. The molecule has 0 bridgehead atoms. The van der Waals surface area contributed by atoms with Gasteiger partial charge in [-0.25, -0.2) is 14.8 Å². The largest absolute Gasteiger partial charge is 0.497 e. The summed E-state index contributed by atoms with van der Waals surface area (Å²) in [5.41, 5.74) is 1.82. The summed E-state index contributed by atoms with van der Waals surface area (Å²) < 4.78 is 5.12. The van der Waals surface area contributed by atoms with Crippen molar-refractivity contribution in [3.05, 3.63) is 59.1 Å². The van der Waals surface area contributed by atoms with E-state index in [1.807, 2.05) is 0 Å². The van der Waals surface area contributed by atoms with E-state index < -0.39 is 0 Å². The Morgan fingerprint density at radius 2 is 2.00 bits per heavy atom. The van der Waals surface area contributed by atoms with Gasteiger partial charge in [-0.3, -0.25) is 15.1 Å². The van der Waals surface area contributed by atoms with Crippen LogP contribution in [0, 0.1) is 0 Å². The van der Waals surface area contributed by atoms with Crippen molar-refractivity contribution in [3.63, 3.8) is 0 Å². The quantitative estimate of drug-likeness (QED) is 0.685. The fourth-order valence-corrected chi connectivity index (χ4v) is 3.90. The van der Waals surface area contributed by atoms with Gasteiger partial charge in [0, 0.05) is 35.9 Å². The second-order valence-electron chi connectivity index (χ2n) is 6.26. The van der Waals surface area contributed by atoms with Crippen molar-refractivity contribution in [2.24, 2.45) is 0 Å². The third-order valence-corrected chi connectivity index (χ3v) is 5.37. The minimum absolute atomic E-state index is 0.181. The summed E-state index contributed by atoms with van der Waals surface area (Å²) in [6, 6.07) is 6.98. The van der Waals surface area contributed by atoms with Crippen molar-refractivity contribution < 1.29 is 14.3 Å². The second-order valence-corrected chi connectivity index (χ2v) is 7.35. The SMILES string of the molecule is COc1ccc(NC(=O)N2CCc3nc(NC(=O)c4cnccn4)sc3C2)cc1. The average molecular weight is 410 g/mol. The highest BCUT2D eigenvalue weighted by atomic mass is 32.1. The van der Waals surface area contributed by atoms with Gasteiger partial charge in [-0.1, -0.05) is 11.3 Å². The molecule has 0 spiro atoms. The van der Waals surface area contributed by atoms with Gasteiger partial charge in [0.1, 0.15) is 11.4 Å². The Morgan fingerprint density at radius 3 is 2.72 bits per heavy atom. The summed E-state index contributed by atoms with van der Waals surface area (Å²) in [5, 5.41) is 6.12. The fourth-order valence-electron chi connectivity index (χ4n) is 2.88. The molecule has 29 heavy (non-hydrogen) atoms. The van der Waals surface area contributed by atoms with Crippen LogP contribution in [-0.4, -0.2) is 45.4 Å². The van der Waals surface area contributed by atoms with Crippen LogP contribution in [0.3, 0.4) is 0 Å². The number of nitrogens with one attached hydrogen (secondary N) is 2. The van der Waals surface area contributed by atoms with Crippen LogP contribution in [0.25, 0.3) is 0 Å². The number of urea groups is 1. The number of hydrogen-bond donors (Lipinski definition) is 2. The number of methoxy groups -OCH3 is 1. The Kier molecular flexibility index (Phi) is 5.34. The van der Waals surface area contributed by atoms with E-state index in [2.05, 4.69) is 25.6 Å². The molecule has 0 atom stereocenters. The minimum atomic E-state index is -0.363. The van der Waals surface area contributed by atoms with Gasteiger partial charge in [-0.05, 0) is 24.3 Å². The zero-order valence-corrected chi connectivity index (χ0v) is 16.4. The van der Waals surface area contributed by atoms with Gasteiger partial charge in [-0.2, -0.15) is 0 Å². The number of amides is 3. The lowest BCUT2D eigenvalue weighted by Gasteiger charge is -2.26. The maximum absolute atomic E-state index is 12.6. The topological polar surface area (TPSA) is 109 Å². The molecule has 3 heterocycles. The summed E-state index contributed by atoms with van der Waals surface area (Å²) in [5.74, 6) is 0.365. The molecule has 4 rings (SSSR count). The van der Waals surface area contributed by atoms with E-state index in [-0.39, 0.29) is 17.6 Å². The van der Waals surface area contributed by atoms with Crippen molar-refractivity contribution in [2.75, 3.05) is 24.3 Å². The maximum Gasteiger partial charge on any atom is 0.322 e. The van der Waals surface area contributed by atoms with Crippen molar-refractivity contribution in [1.29, 1.82) is 0 Å². The Balaban J connectivity index is 1.39. The van der Waals surface area contributed by atoms with Crippen LogP contribution in [0.5, 0.6) is 5.75 Å². The first-order valence-corrected chi connectivity index (χ1v) is 9.70. The minimum Gasteiger partial charge on any atom is -0.497 e. The van der Waals surface area contributed by atoms with Crippen molar-refractivity contribution in [1.82, 2.24) is 19.9 Å². The zero-order chi connectivity index (χ0) is 20.2. The number of hydrogen-bond acceptors (Lipinski definition) is 7. The number of carbonyl (C=O) groups excluding carboxylic acids is 2. The molecule has 0 unspecified atom stereocenters. The van der Waals surface area contributed by atoms with Crippen LogP contribution >= 0.6 is 11.3 Å². The lowest BCUT2D eigenvalue weighted by Crippen LogP contribution is -2.38. The predicted octanol–water partition coefficient (Wildman–Crippen LogP) is 2.78. The molecule has 3 amide bonds. The van der Waals surface area contributed by atoms with Crippen molar-refractivity contribution in [3.8, 4) is 5.75 Å². The second kappa shape index (κ2) is 8.23. The van der Waals surface area contributed by atoms with E-state index in [4.69, 9.17) is 4.74 Å². The van der Waals surface area contributed by atoms with Gasteiger partial charge < -0.3 is 15.0 Å². The number of thiazole rings is 1. The van der Waals surface area contributed by atoms with Crippen LogP contribution in [0.2, 0.25) is 0 Å². The summed E-state index contributed by atoms with van der Waals surface area (Å²) in [7, 11) is 1.60. The molecule has 0 saturated heterocycles. The fraction of sp³-hybridized carbons (Fsp3) is 0.211. The summed E-state index contributed by atoms with van der Waals surface area (Å²) in [6.07, 6.45) is 4.99. The molecule has 0 saturated carbocycles. The number of anilines is 2. The third-order valence-electron chi connectivity index (χ3n) is 4.38. The van der Waals surface area contributed by atoms with Crippen LogP contribution in [-0.2, 0) is 13.0 Å². The van der Waals surface area contributed by atoms with Crippen LogP contribution in [0.1, 0.15) is 21.1 Å². The van der Waals surface area contributed by atoms with E-state index in [1.54, 1.807) is 36.3 Å². The molecular weight excluding hydrogens is 392 g/mol. The first-order chi connectivity index (χ1) is 14.1. The number of carbonyl (C=O) groups is 2. The van der Waals surface area contributed by atoms with E-state index >= 15 is 0 Å². The molecule has 2 aromatic heterocycles. The third kappa shape index (κ3) is 4.32. The molecule has 0 radical (unpaired) electrons. The molecular formula is C19H18N6O3S. The van der Waals surface area contributed by atoms with Gasteiger partial charge in [0.2, 0.25) is 0 Å². The molecule has 148 valence electrons. The van der Waals surface area contributed by atoms with Crippen LogP contribution < -0.4 is 15.4 Å². The molecule has 1 aliphatic rings. The van der Waals surface area contributed by atoms with Crippen molar-refractivity contribution >= 4 is 34.1 Å². The summed E-state index contributed by atoms with van der Waals surface area (Å²) >= 11 is 1.36. The normalized spacial score (nSPS) is 12.8. The number of ether oxygens (including phenoxy) is 1. The van der Waals surface area contributed by atoms with Gasteiger partial charge in [0.05, 0.1) is 25.5 Å². The van der Waals surface area contributed by atoms with Gasteiger partial charge >= 0.3 is 6.03 Å².